The second-order valence-electron chi connectivity index (χ2n) is 9.02. The lowest BCUT2D eigenvalue weighted by Gasteiger charge is -2.19. The Labute approximate surface area is 197 Å². The van der Waals surface area contributed by atoms with Gasteiger partial charge in [-0.25, -0.2) is 4.68 Å². The third-order valence-electron chi connectivity index (χ3n) is 5.67. The third-order valence-corrected chi connectivity index (χ3v) is 5.99. The summed E-state index contributed by atoms with van der Waals surface area (Å²) in [6, 6.07) is 15.1. The summed E-state index contributed by atoms with van der Waals surface area (Å²) in [5, 5.41) is 7.77. The first kappa shape index (κ1) is 22.7. The molecule has 0 aliphatic rings. The Kier molecular flexibility index (Phi) is 6.03. The van der Waals surface area contributed by atoms with Crippen LogP contribution in [-0.4, -0.2) is 25.2 Å². The Morgan fingerprint density at radius 2 is 1.85 bits per heavy atom. The van der Waals surface area contributed by atoms with Gasteiger partial charge < -0.3 is 10.3 Å². The van der Waals surface area contributed by atoms with Crippen LogP contribution in [0.25, 0.3) is 10.9 Å². The number of nitrogens with zero attached hydrogens (tertiary/aromatic N) is 3. The zero-order valence-electron chi connectivity index (χ0n) is 19.2. The summed E-state index contributed by atoms with van der Waals surface area (Å²) >= 11 is 5.27. The maximum Gasteiger partial charge on any atom is 0.262 e. The van der Waals surface area contributed by atoms with E-state index in [9.17, 15) is 9.59 Å². The summed E-state index contributed by atoms with van der Waals surface area (Å²) in [6.45, 7) is 9.43. The van der Waals surface area contributed by atoms with Crippen LogP contribution in [0.2, 0.25) is 0 Å². The van der Waals surface area contributed by atoms with Crippen LogP contribution in [0.3, 0.4) is 0 Å². The van der Waals surface area contributed by atoms with Gasteiger partial charge in [-0.15, -0.1) is 0 Å². The number of H-pyrrole nitrogens is 1. The molecule has 8 heteroatoms. The highest BCUT2D eigenvalue weighted by molar-refractivity contribution is 7.71. The van der Waals surface area contributed by atoms with Crippen LogP contribution in [0.1, 0.15) is 49.2 Å². The number of amides is 1. The van der Waals surface area contributed by atoms with E-state index in [-0.39, 0.29) is 16.9 Å². The number of aromatic amines is 1. The molecule has 0 bridgehead atoms. The number of hydrogen-bond acceptors (Lipinski definition) is 4. The summed E-state index contributed by atoms with van der Waals surface area (Å²) in [5.41, 5.74) is 3.24. The van der Waals surface area contributed by atoms with Crippen molar-refractivity contribution in [1.82, 2.24) is 19.3 Å². The third kappa shape index (κ3) is 4.66. The summed E-state index contributed by atoms with van der Waals surface area (Å²) in [7, 11) is 0. The number of anilines is 1. The summed E-state index contributed by atoms with van der Waals surface area (Å²) < 4.78 is 3.57. The number of nitrogens with one attached hydrogen (secondary N) is 2. The predicted octanol–water partition coefficient (Wildman–Crippen LogP) is 4.87. The van der Waals surface area contributed by atoms with E-state index >= 15 is 0 Å². The van der Waals surface area contributed by atoms with Gasteiger partial charge in [0.2, 0.25) is 0 Å². The van der Waals surface area contributed by atoms with Gasteiger partial charge in [-0.1, -0.05) is 45.0 Å². The summed E-state index contributed by atoms with van der Waals surface area (Å²) in [4.78, 5) is 28.6. The topological polar surface area (TPSA) is 84.7 Å². The first-order chi connectivity index (χ1) is 15.7. The first-order valence-corrected chi connectivity index (χ1v) is 11.3. The Hall–Kier alpha value is -3.52. The molecule has 2 aromatic heterocycles. The minimum atomic E-state index is -0.291. The second-order valence-corrected chi connectivity index (χ2v) is 9.40. The van der Waals surface area contributed by atoms with Gasteiger partial charge in [-0.05, 0) is 53.9 Å². The van der Waals surface area contributed by atoms with Gasteiger partial charge in [0, 0.05) is 18.2 Å². The number of fused-ring (bicyclic) bond motifs is 1. The average Bonchev–Trinajstić information content (AvgIpc) is 3.19. The lowest BCUT2D eigenvalue weighted by Crippen LogP contribution is -2.22. The first-order valence-electron chi connectivity index (χ1n) is 10.9. The van der Waals surface area contributed by atoms with Crippen LogP contribution in [0.4, 0.5) is 5.82 Å². The maximum absolute atomic E-state index is 12.9. The molecule has 33 heavy (non-hydrogen) atoms. The fourth-order valence-electron chi connectivity index (χ4n) is 3.72. The van der Waals surface area contributed by atoms with E-state index in [1.54, 1.807) is 35.1 Å². The van der Waals surface area contributed by atoms with Gasteiger partial charge in [0.25, 0.3) is 11.5 Å². The molecule has 2 N–H and O–H groups in total. The summed E-state index contributed by atoms with van der Waals surface area (Å²) in [5.74, 6) is 0.301. The predicted molar refractivity (Wildman–Crippen MR) is 133 cm³/mol. The fraction of sp³-hybridized carbons (Fsp3) is 0.280. The minimum absolute atomic E-state index is 0.0935. The monoisotopic (exact) mass is 461 g/mol. The lowest BCUT2D eigenvalue weighted by atomic mass is 9.87. The Bertz CT molecular complexity index is 1440. The molecule has 0 spiro atoms. The van der Waals surface area contributed by atoms with Crippen molar-refractivity contribution in [2.75, 3.05) is 5.32 Å². The van der Waals surface area contributed by atoms with Crippen LogP contribution >= 0.6 is 12.2 Å². The van der Waals surface area contributed by atoms with Crippen molar-refractivity contribution in [3.8, 4) is 0 Å². The average molecular weight is 462 g/mol. The van der Waals surface area contributed by atoms with E-state index in [1.165, 1.54) is 10.1 Å². The smallest absolute Gasteiger partial charge is 0.262 e. The largest absolute Gasteiger partial charge is 0.332 e. The standard InChI is InChI=1S/C25H27N5O2S/c1-5-29-23(32)19-11-8-17(14-20(19)27-24(29)33)22(31)28-21-12-13-26-30(21)15-16-6-9-18(10-7-16)25(2,3)4/h6-14H,5,15H2,1-4H3,(H,27,33)(H,28,31). The maximum atomic E-state index is 12.9. The molecule has 1 amide bonds. The molecule has 170 valence electrons. The molecule has 0 unspecified atom stereocenters. The number of hydrogen-bond donors (Lipinski definition) is 2. The lowest BCUT2D eigenvalue weighted by molar-refractivity contribution is 0.102. The van der Waals surface area contributed by atoms with E-state index < -0.39 is 0 Å². The zero-order valence-corrected chi connectivity index (χ0v) is 20.0. The molecule has 4 rings (SSSR count). The Balaban J connectivity index is 1.55. The van der Waals surface area contributed by atoms with Crippen LogP contribution in [0.15, 0.2) is 59.5 Å². The van der Waals surface area contributed by atoms with Crippen molar-refractivity contribution < 1.29 is 4.79 Å². The molecule has 0 saturated carbocycles. The van der Waals surface area contributed by atoms with E-state index in [0.29, 0.717) is 40.1 Å². The molecule has 0 radical (unpaired) electrons. The second kappa shape index (κ2) is 8.78. The van der Waals surface area contributed by atoms with E-state index in [1.807, 2.05) is 6.92 Å². The van der Waals surface area contributed by atoms with Crippen molar-refractivity contribution in [2.45, 2.75) is 46.2 Å². The van der Waals surface area contributed by atoms with Gasteiger partial charge in [-0.2, -0.15) is 5.10 Å². The van der Waals surface area contributed by atoms with Gasteiger partial charge in [-0.3, -0.25) is 14.2 Å². The zero-order chi connectivity index (χ0) is 23.8. The number of carbonyl (C=O) groups is 1. The number of carbonyl (C=O) groups excluding carboxylic acids is 1. The fourth-order valence-corrected chi connectivity index (χ4v) is 4.04. The van der Waals surface area contributed by atoms with E-state index in [0.717, 1.165) is 5.56 Å². The Morgan fingerprint density at radius 1 is 1.12 bits per heavy atom. The molecular weight excluding hydrogens is 434 g/mol. The number of benzene rings is 2. The van der Waals surface area contributed by atoms with Crippen molar-refractivity contribution >= 4 is 34.8 Å². The van der Waals surface area contributed by atoms with Crippen LogP contribution in [0, 0.1) is 4.77 Å². The number of rotatable bonds is 5. The van der Waals surface area contributed by atoms with Crippen LogP contribution in [0.5, 0.6) is 0 Å². The van der Waals surface area contributed by atoms with Crippen LogP contribution < -0.4 is 10.9 Å². The molecule has 0 fully saturated rings. The van der Waals surface area contributed by atoms with Gasteiger partial charge in [0.15, 0.2) is 4.77 Å². The number of aromatic nitrogens is 4. The van der Waals surface area contributed by atoms with E-state index in [4.69, 9.17) is 12.2 Å². The van der Waals surface area contributed by atoms with Crippen molar-refractivity contribution in [2.24, 2.45) is 0 Å². The molecule has 0 atom stereocenters. The SMILES string of the molecule is CCn1c(=S)[nH]c2cc(C(=O)Nc3ccnn3Cc3ccc(C(C)(C)C)cc3)ccc2c1=O. The molecule has 0 aliphatic carbocycles. The van der Waals surface area contributed by atoms with Gasteiger partial charge in [0.1, 0.15) is 5.82 Å². The highest BCUT2D eigenvalue weighted by atomic mass is 32.1. The molecule has 4 aromatic rings. The van der Waals surface area contributed by atoms with E-state index in [2.05, 4.69) is 60.4 Å². The summed E-state index contributed by atoms with van der Waals surface area (Å²) in [6.07, 6.45) is 1.66. The molecular formula is C25H27N5O2S. The highest BCUT2D eigenvalue weighted by Crippen LogP contribution is 2.23. The van der Waals surface area contributed by atoms with Crippen molar-refractivity contribution in [3.05, 3.63) is 86.5 Å². The van der Waals surface area contributed by atoms with Gasteiger partial charge >= 0.3 is 0 Å². The molecule has 2 aromatic carbocycles. The molecule has 0 aliphatic heterocycles. The Morgan fingerprint density at radius 3 is 2.52 bits per heavy atom. The van der Waals surface area contributed by atoms with Crippen molar-refractivity contribution in [3.63, 3.8) is 0 Å². The van der Waals surface area contributed by atoms with Crippen LogP contribution in [-0.2, 0) is 18.5 Å². The molecule has 2 heterocycles. The van der Waals surface area contributed by atoms with Gasteiger partial charge in [0.05, 0.1) is 23.6 Å². The van der Waals surface area contributed by atoms with Crippen molar-refractivity contribution in [1.29, 1.82) is 0 Å². The normalized spacial score (nSPS) is 11.6. The minimum Gasteiger partial charge on any atom is -0.332 e. The molecule has 7 nitrogen and oxygen atoms in total. The molecule has 0 saturated heterocycles. The quantitative estimate of drug-likeness (QED) is 0.415. The highest BCUT2D eigenvalue weighted by Gasteiger charge is 2.15.